The maximum Gasteiger partial charge on any atom is 0.216 e. The molecule has 0 fully saturated rings. The van der Waals surface area contributed by atoms with Crippen LogP contribution in [0, 0.1) is 0 Å². The van der Waals surface area contributed by atoms with Crippen molar-refractivity contribution < 1.29 is 4.74 Å². The molecule has 1 unspecified atom stereocenters. The summed E-state index contributed by atoms with van der Waals surface area (Å²) in [5.74, 6) is 0.737. The van der Waals surface area contributed by atoms with Crippen LogP contribution in [0.25, 0.3) is 0 Å². The lowest BCUT2D eigenvalue weighted by atomic mass is 10.2. The van der Waals surface area contributed by atoms with Gasteiger partial charge in [0.15, 0.2) is 0 Å². The van der Waals surface area contributed by atoms with Gasteiger partial charge in [0, 0.05) is 10.0 Å². The third kappa shape index (κ3) is 2.58. The van der Waals surface area contributed by atoms with Gasteiger partial charge in [-0.25, -0.2) is 4.99 Å². The van der Waals surface area contributed by atoms with Crippen molar-refractivity contribution in [2.45, 2.75) is 12.5 Å². The molecule has 0 saturated carbocycles. The predicted octanol–water partition coefficient (Wildman–Crippen LogP) is 1.94. The van der Waals surface area contributed by atoms with Gasteiger partial charge in [-0.1, -0.05) is 15.9 Å². The van der Waals surface area contributed by atoms with Crippen molar-refractivity contribution >= 4 is 21.8 Å². The summed E-state index contributed by atoms with van der Waals surface area (Å²) in [7, 11) is 0. The zero-order valence-corrected chi connectivity index (χ0v) is 9.90. The van der Waals surface area contributed by atoms with Gasteiger partial charge in [0.1, 0.15) is 6.10 Å². The highest BCUT2D eigenvalue weighted by Crippen LogP contribution is 2.16. The maximum atomic E-state index is 5.68. The molecule has 0 radical (unpaired) electrons. The number of nitrogens with two attached hydrogens (primary N) is 1. The van der Waals surface area contributed by atoms with E-state index in [0.717, 1.165) is 28.9 Å². The lowest BCUT2D eigenvalue weighted by molar-refractivity contribution is 0.216. The van der Waals surface area contributed by atoms with E-state index in [1.54, 1.807) is 0 Å². The van der Waals surface area contributed by atoms with E-state index in [-0.39, 0.29) is 6.10 Å². The highest BCUT2D eigenvalue weighted by atomic mass is 79.9. The quantitative estimate of drug-likeness (QED) is 0.911. The smallest absolute Gasteiger partial charge is 0.216 e. The van der Waals surface area contributed by atoms with E-state index < -0.39 is 0 Å². The minimum atomic E-state index is 0.161. The van der Waals surface area contributed by atoms with Gasteiger partial charge in [-0.05, 0) is 37.2 Å². The fraction of sp³-hybridized carbons (Fsp3) is 0.364. The molecule has 0 saturated heterocycles. The van der Waals surface area contributed by atoms with Crippen LogP contribution in [-0.4, -0.2) is 25.1 Å². The molecule has 1 heterocycles. The molecule has 0 spiro atoms. The number of hydrogen-bond acceptors (Lipinski definition) is 3. The normalized spacial score (nSPS) is 19.9. The molecule has 1 aliphatic heterocycles. The van der Waals surface area contributed by atoms with Crippen LogP contribution in [0.5, 0.6) is 0 Å². The Morgan fingerprint density at radius 3 is 2.80 bits per heavy atom. The van der Waals surface area contributed by atoms with Crippen LogP contribution in [0.2, 0.25) is 0 Å². The summed E-state index contributed by atoms with van der Waals surface area (Å²) in [6, 6.07) is 7.95. The van der Waals surface area contributed by atoms with Crippen LogP contribution < -0.4 is 5.73 Å². The molecule has 0 bridgehead atoms. The second-order valence-corrected chi connectivity index (χ2v) is 4.39. The van der Waals surface area contributed by atoms with Gasteiger partial charge in [-0.2, -0.15) is 0 Å². The van der Waals surface area contributed by atoms with Crippen molar-refractivity contribution in [3.05, 3.63) is 34.3 Å². The van der Waals surface area contributed by atoms with Crippen LogP contribution >= 0.6 is 15.9 Å². The molecule has 2 N–H and O–H groups in total. The molecule has 80 valence electrons. The van der Waals surface area contributed by atoms with Crippen LogP contribution in [0.4, 0.5) is 0 Å². The zero-order valence-electron chi connectivity index (χ0n) is 8.32. The summed E-state index contributed by atoms with van der Waals surface area (Å²) in [6.45, 7) is 1.37. The number of aliphatic imine (C=N–C) groups is 1. The number of rotatable bonds is 3. The first kappa shape index (κ1) is 10.6. The summed E-state index contributed by atoms with van der Waals surface area (Å²) in [4.78, 5) is 4.36. The molecule has 1 aliphatic rings. The Labute approximate surface area is 97.5 Å². The van der Waals surface area contributed by atoms with Gasteiger partial charge in [0.05, 0.1) is 6.54 Å². The average molecular weight is 269 g/mol. The monoisotopic (exact) mass is 268 g/mol. The molecule has 1 atom stereocenters. The number of ether oxygens (including phenoxy) is 1. The third-order valence-electron chi connectivity index (χ3n) is 2.30. The number of benzene rings is 1. The molecule has 1 aromatic rings. The van der Waals surface area contributed by atoms with Crippen LogP contribution in [0.15, 0.2) is 33.7 Å². The molecular formula is C11H13BrN2O. The minimum absolute atomic E-state index is 0.161. The molecule has 4 heteroatoms. The first-order chi connectivity index (χ1) is 7.29. The Morgan fingerprint density at radius 1 is 1.40 bits per heavy atom. The topological polar surface area (TPSA) is 47.6 Å². The van der Waals surface area contributed by atoms with Gasteiger partial charge in [-0.15, -0.1) is 0 Å². The first-order valence-electron chi connectivity index (χ1n) is 4.96. The molecule has 0 aromatic heterocycles. The van der Waals surface area contributed by atoms with Gasteiger partial charge in [0.25, 0.3) is 0 Å². The third-order valence-corrected chi connectivity index (χ3v) is 2.83. The lowest BCUT2D eigenvalue weighted by Crippen LogP contribution is -2.18. The molecule has 2 rings (SSSR count). The van der Waals surface area contributed by atoms with Gasteiger partial charge < -0.3 is 10.5 Å². The van der Waals surface area contributed by atoms with Crippen molar-refractivity contribution in [2.75, 3.05) is 13.1 Å². The van der Waals surface area contributed by atoms with E-state index in [0.29, 0.717) is 6.54 Å². The molecule has 1 aromatic carbocycles. The van der Waals surface area contributed by atoms with Gasteiger partial charge >= 0.3 is 0 Å². The van der Waals surface area contributed by atoms with Crippen molar-refractivity contribution in [1.29, 1.82) is 0 Å². The van der Waals surface area contributed by atoms with Crippen LogP contribution in [0.1, 0.15) is 12.0 Å². The largest absolute Gasteiger partial charge is 0.472 e. The average Bonchev–Trinajstić information content (AvgIpc) is 2.68. The van der Waals surface area contributed by atoms with Crippen LogP contribution in [-0.2, 0) is 4.74 Å². The highest BCUT2D eigenvalue weighted by Gasteiger charge is 2.19. The molecular weight excluding hydrogens is 256 g/mol. The van der Waals surface area contributed by atoms with E-state index in [1.807, 2.05) is 24.3 Å². The fourth-order valence-electron chi connectivity index (χ4n) is 1.51. The van der Waals surface area contributed by atoms with E-state index in [9.17, 15) is 0 Å². The second kappa shape index (κ2) is 4.77. The minimum Gasteiger partial charge on any atom is -0.472 e. The summed E-state index contributed by atoms with van der Waals surface area (Å²) < 4.78 is 6.74. The van der Waals surface area contributed by atoms with E-state index in [4.69, 9.17) is 10.5 Å². The SMILES string of the molecule is NCCC1CN=C(c2ccc(Br)cc2)O1. The standard InChI is InChI=1S/C11H13BrN2O/c12-9-3-1-8(2-4-9)11-14-7-10(15-11)5-6-13/h1-4,10H,5-7,13H2. The Balaban J connectivity index is 2.04. The van der Waals surface area contributed by atoms with Crippen molar-refractivity contribution in [2.24, 2.45) is 10.7 Å². The lowest BCUT2D eigenvalue weighted by Gasteiger charge is -2.09. The summed E-state index contributed by atoms with van der Waals surface area (Å²) in [5, 5.41) is 0. The second-order valence-electron chi connectivity index (χ2n) is 3.47. The number of halogens is 1. The van der Waals surface area contributed by atoms with E-state index in [1.165, 1.54) is 0 Å². The summed E-state index contributed by atoms with van der Waals surface area (Å²) >= 11 is 3.39. The predicted molar refractivity (Wildman–Crippen MR) is 64.1 cm³/mol. The Morgan fingerprint density at radius 2 is 2.13 bits per heavy atom. The number of hydrogen-bond donors (Lipinski definition) is 1. The van der Waals surface area contributed by atoms with Gasteiger partial charge in [0.2, 0.25) is 5.90 Å². The summed E-state index contributed by atoms with van der Waals surface area (Å²) in [6.07, 6.45) is 1.03. The van der Waals surface area contributed by atoms with Crippen molar-refractivity contribution in [1.82, 2.24) is 0 Å². The molecule has 15 heavy (non-hydrogen) atoms. The Hall–Kier alpha value is -0.870. The molecule has 3 nitrogen and oxygen atoms in total. The van der Waals surface area contributed by atoms with E-state index in [2.05, 4.69) is 20.9 Å². The van der Waals surface area contributed by atoms with Crippen molar-refractivity contribution in [3.63, 3.8) is 0 Å². The Bertz CT molecular complexity index is 361. The number of nitrogens with zero attached hydrogens (tertiary/aromatic N) is 1. The maximum absolute atomic E-state index is 5.68. The highest BCUT2D eigenvalue weighted by molar-refractivity contribution is 9.10. The van der Waals surface area contributed by atoms with Crippen LogP contribution in [0.3, 0.4) is 0 Å². The molecule has 0 amide bonds. The summed E-state index contributed by atoms with van der Waals surface area (Å²) in [5.41, 5.74) is 6.50. The van der Waals surface area contributed by atoms with Gasteiger partial charge in [-0.3, -0.25) is 0 Å². The fourth-order valence-corrected chi connectivity index (χ4v) is 1.77. The Kier molecular flexibility index (Phi) is 3.38. The van der Waals surface area contributed by atoms with E-state index >= 15 is 0 Å². The molecule has 0 aliphatic carbocycles. The first-order valence-corrected chi connectivity index (χ1v) is 5.76. The van der Waals surface area contributed by atoms with Crippen molar-refractivity contribution in [3.8, 4) is 0 Å². The zero-order chi connectivity index (χ0) is 10.7.